The summed E-state index contributed by atoms with van der Waals surface area (Å²) in [5.74, 6) is 1.31. The standard InChI is InChI=1S/C20H24N2O7S2/c23-15(12-27-16-3-4-17-18(10-16)29-13-28-17)11-21-20(24)14-5-7-22(8-6-14)31(25,26)19-2-1-9-30-19/h1-4,9-10,14-15,23H,5-8,11-13H2,(H,21,24). The zero-order valence-electron chi connectivity index (χ0n) is 16.7. The molecular formula is C20H24N2O7S2. The number of nitrogens with one attached hydrogen (secondary N) is 1. The molecule has 11 heteroatoms. The number of aliphatic hydroxyl groups excluding tert-OH is 1. The minimum atomic E-state index is -3.48. The van der Waals surface area contributed by atoms with Crippen molar-refractivity contribution in [1.82, 2.24) is 9.62 Å². The summed E-state index contributed by atoms with van der Waals surface area (Å²) in [6.45, 7) is 0.836. The Morgan fingerprint density at radius 3 is 2.77 bits per heavy atom. The van der Waals surface area contributed by atoms with Crippen molar-refractivity contribution in [2.75, 3.05) is 33.0 Å². The SMILES string of the molecule is O=C(NCC(O)COc1ccc2c(c1)OCO2)C1CCN(S(=O)(=O)c2cccs2)CC1. The molecule has 0 bridgehead atoms. The average Bonchev–Trinajstić information content (AvgIpc) is 3.48. The molecule has 0 radical (unpaired) electrons. The number of sulfonamides is 1. The number of aliphatic hydroxyl groups is 1. The van der Waals surface area contributed by atoms with Gasteiger partial charge in [0.1, 0.15) is 22.7 Å². The van der Waals surface area contributed by atoms with Gasteiger partial charge in [0.05, 0.1) is 0 Å². The third-order valence-electron chi connectivity index (χ3n) is 5.21. The quantitative estimate of drug-likeness (QED) is 0.602. The molecule has 1 fully saturated rings. The first-order valence-corrected chi connectivity index (χ1v) is 12.3. The van der Waals surface area contributed by atoms with Gasteiger partial charge in [0.2, 0.25) is 12.7 Å². The molecule has 9 nitrogen and oxygen atoms in total. The van der Waals surface area contributed by atoms with E-state index in [9.17, 15) is 18.3 Å². The number of benzene rings is 1. The summed E-state index contributed by atoms with van der Waals surface area (Å²) in [5.41, 5.74) is 0. The fraction of sp³-hybridized carbons (Fsp3) is 0.450. The lowest BCUT2D eigenvalue weighted by molar-refractivity contribution is -0.126. The molecule has 4 rings (SSSR count). The van der Waals surface area contributed by atoms with E-state index < -0.39 is 16.1 Å². The van der Waals surface area contributed by atoms with Gasteiger partial charge in [-0.1, -0.05) is 6.07 Å². The van der Waals surface area contributed by atoms with Crippen molar-refractivity contribution in [2.24, 2.45) is 5.92 Å². The van der Waals surface area contributed by atoms with Crippen LogP contribution in [-0.4, -0.2) is 62.9 Å². The largest absolute Gasteiger partial charge is 0.491 e. The Morgan fingerprint density at radius 2 is 2.03 bits per heavy atom. The van der Waals surface area contributed by atoms with Gasteiger partial charge in [0.25, 0.3) is 10.0 Å². The summed E-state index contributed by atoms with van der Waals surface area (Å²) in [4.78, 5) is 12.4. The predicted octanol–water partition coefficient (Wildman–Crippen LogP) is 1.43. The lowest BCUT2D eigenvalue weighted by Crippen LogP contribution is -2.44. The van der Waals surface area contributed by atoms with E-state index in [0.717, 1.165) is 0 Å². The topological polar surface area (TPSA) is 114 Å². The Hall–Kier alpha value is -2.34. The maximum Gasteiger partial charge on any atom is 0.252 e. The fourth-order valence-electron chi connectivity index (χ4n) is 3.48. The first-order chi connectivity index (χ1) is 14.9. The van der Waals surface area contributed by atoms with Gasteiger partial charge in [-0.05, 0) is 36.4 Å². The van der Waals surface area contributed by atoms with Crippen molar-refractivity contribution in [3.63, 3.8) is 0 Å². The fourth-order valence-corrected chi connectivity index (χ4v) is 6.09. The number of thiophene rings is 1. The molecule has 2 N–H and O–H groups in total. The highest BCUT2D eigenvalue weighted by Gasteiger charge is 2.32. The van der Waals surface area contributed by atoms with Crippen molar-refractivity contribution < 1.29 is 32.5 Å². The van der Waals surface area contributed by atoms with Crippen LogP contribution in [0.4, 0.5) is 0 Å². The molecule has 1 unspecified atom stereocenters. The van der Waals surface area contributed by atoms with Crippen LogP contribution in [0, 0.1) is 5.92 Å². The second-order valence-electron chi connectivity index (χ2n) is 7.34. The van der Waals surface area contributed by atoms with E-state index >= 15 is 0 Å². The monoisotopic (exact) mass is 468 g/mol. The van der Waals surface area contributed by atoms with E-state index in [2.05, 4.69) is 5.32 Å². The highest BCUT2D eigenvalue weighted by Crippen LogP contribution is 2.35. The van der Waals surface area contributed by atoms with Gasteiger partial charge in [-0.15, -0.1) is 11.3 Å². The molecule has 1 atom stereocenters. The zero-order valence-corrected chi connectivity index (χ0v) is 18.4. The van der Waals surface area contributed by atoms with E-state index in [-0.39, 0.29) is 31.8 Å². The van der Waals surface area contributed by atoms with Crippen LogP contribution in [-0.2, 0) is 14.8 Å². The molecule has 0 spiro atoms. The van der Waals surface area contributed by atoms with Gasteiger partial charge in [-0.2, -0.15) is 4.31 Å². The summed E-state index contributed by atoms with van der Waals surface area (Å²) in [7, 11) is -3.48. The van der Waals surface area contributed by atoms with Crippen LogP contribution in [0.25, 0.3) is 0 Å². The molecule has 2 aliphatic rings. The molecule has 2 aliphatic heterocycles. The Morgan fingerprint density at radius 1 is 1.26 bits per heavy atom. The number of ether oxygens (including phenoxy) is 3. The summed E-state index contributed by atoms with van der Waals surface area (Å²) in [6, 6.07) is 8.43. The number of hydrogen-bond acceptors (Lipinski definition) is 8. The molecule has 1 aromatic carbocycles. The average molecular weight is 469 g/mol. The van der Waals surface area contributed by atoms with Crippen molar-refractivity contribution in [3.05, 3.63) is 35.7 Å². The van der Waals surface area contributed by atoms with Crippen LogP contribution in [0.3, 0.4) is 0 Å². The van der Waals surface area contributed by atoms with Crippen molar-refractivity contribution >= 4 is 27.3 Å². The molecule has 31 heavy (non-hydrogen) atoms. The molecule has 1 aromatic heterocycles. The third-order valence-corrected chi connectivity index (χ3v) is 8.48. The number of hydrogen-bond donors (Lipinski definition) is 2. The highest BCUT2D eigenvalue weighted by atomic mass is 32.2. The third kappa shape index (κ3) is 5.12. The molecule has 1 amide bonds. The van der Waals surface area contributed by atoms with Crippen LogP contribution in [0.2, 0.25) is 0 Å². The van der Waals surface area contributed by atoms with Gasteiger partial charge in [-0.3, -0.25) is 4.79 Å². The van der Waals surface area contributed by atoms with E-state index in [1.807, 2.05) is 0 Å². The number of rotatable bonds is 8. The predicted molar refractivity (Wildman–Crippen MR) is 113 cm³/mol. The maximum atomic E-state index is 12.6. The second kappa shape index (κ2) is 9.43. The first-order valence-electron chi connectivity index (χ1n) is 9.95. The van der Waals surface area contributed by atoms with Crippen LogP contribution in [0.15, 0.2) is 39.9 Å². The van der Waals surface area contributed by atoms with E-state index in [4.69, 9.17) is 14.2 Å². The zero-order chi connectivity index (χ0) is 21.8. The molecule has 1 saturated heterocycles. The number of piperidine rings is 1. The van der Waals surface area contributed by atoms with Gasteiger partial charge in [0, 0.05) is 31.6 Å². The number of nitrogens with zero attached hydrogens (tertiary/aromatic N) is 1. The number of carbonyl (C=O) groups is 1. The lowest BCUT2D eigenvalue weighted by Gasteiger charge is -2.30. The molecular weight excluding hydrogens is 444 g/mol. The second-order valence-corrected chi connectivity index (χ2v) is 10.4. The number of fused-ring (bicyclic) bond motifs is 1. The highest BCUT2D eigenvalue weighted by molar-refractivity contribution is 7.91. The number of carbonyl (C=O) groups excluding carboxylic acids is 1. The van der Waals surface area contributed by atoms with Gasteiger partial charge in [0.15, 0.2) is 11.5 Å². The van der Waals surface area contributed by atoms with Gasteiger partial charge >= 0.3 is 0 Å². The number of amides is 1. The normalized spacial score (nSPS) is 18.0. The van der Waals surface area contributed by atoms with Crippen LogP contribution >= 0.6 is 11.3 Å². The minimum absolute atomic E-state index is 0.0113. The summed E-state index contributed by atoms with van der Waals surface area (Å²) >= 11 is 1.19. The van der Waals surface area contributed by atoms with Crippen molar-refractivity contribution in [2.45, 2.75) is 23.2 Å². The Kier molecular flexibility index (Phi) is 6.65. The van der Waals surface area contributed by atoms with E-state index in [0.29, 0.717) is 47.4 Å². The van der Waals surface area contributed by atoms with Crippen LogP contribution in [0.5, 0.6) is 17.2 Å². The summed E-state index contributed by atoms with van der Waals surface area (Å²) < 4.78 is 42.9. The molecule has 0 aliphatic carbocycles. The minimum Gasteiger partial charge on any atom is -0.491 e. The van der Waals surface area contributed by atoms with Crippen LogP contribution in [0.1, 0.15) is 12.8 Å². The molecule has 2 aromatic rings. The summed E-state index contributed by atoms with van der Waals surface area (Å²) in [5, 5.41) is 14.6. The first kappa shape index (κ1) is 21.9. The van der Waals surface area contributed by atoms with Gasteiger partial charge in [-0.25, -0.2) is 8.42 Å². The Bertz CT molecular complexity index is 1000. The Balaban J connectivity index is 1.19. The summed E-state index contributed by atoms with van der Waals surface area (Å²) in [6.07, 6.45) is 0.00848. The smallest absolute Gasteiger partial charge is 0.252 e. The maximum absolute atomic E-state index is 12.6. The van der Waals surface area contributed by atoms with Crippen molar-refractivity contribution in [3.8, 4) is 17.2 Å². The molecule has 168 valence electrons. The van der Waals surface area contributed by atoms with E-state index in [1.54, 1.807) is 35.7 Å². The van der Waals surface area contributed by atoms with Crippen molar-refractivity contribution in [1.29, 1.82) is 0 Å². The molecule has 0 saturated carbocycles. The lowest BCUT2D eigenvalue weighted by atomic mass is 9.97. The Labute approximate surface area is 184 Å². The molecule has 3 heterocycles. The van der Waals surface area contributed by atoms with Gasteiger partial charge < -0.3 is 24.6 Å². The van der Waals surface area contributed by atoms with E-state index in [1.165, 1.54) is 15.6 Å². The van der Waals surface area contributed by atoms with Crippen LogP contribution < -0.4 is 19.5 Å².